The van der Waals surface area contributed by atoms with E-state index in [2.05, 4.69) is 0 Å². The van der Waals surface area contributed by atoms with Crippen LogP contribution in [-0.4, -0.2) is 35.0 Å². The van der Waals surface area contributed by atoms with Crippen molar-refractivity contribution < 1.29 is 14.7 Å². The molecule has 0 aliphatic carbocycles. The summed E-state index contributed by atoms with van der Waals surface area (Å²) >= 11 is 0. The second-order valence-electron chi connectivity index (χ2n) is 5.06. The quantitative estimate of drug-likeness (QED) is 0.799. The molecular formula is C12H21NO3. The van der Waals surface area contributed by atoms with Gasteiger partial charge in [0.15, 0.2) is 0 Å². The van der Waals surface area contributed by atoms with Gasteiger partial charge in [0.25, 0.3) is 0 Å². The van der Waals surface area contributed by atoms with Crippen LogP contribution >= 0.6 is 0 Å². The fraction of sp³-hybridized carbons (Fsp3) is 0.833. The van der Waals surface area contributed by atoms with Crippen LogP contribution in [0.25, 0.3) is 0 Å². The van der Waals surface area contributed by atoms with E-state index in [0.717, 1.165) is 19.4 Å². The summed E-state index contributed by atoms with van der Waals surface area (Å²) in [6.07, 6.45) is 2.31. The zero-order chi connectivity index (χ0) is 12.3. The minimum atomic E-state index is -0.775. The van der Waals surface area contributed by atoms with E-state index >= 15 is 0 Å². The molecule has 16 heavy (non-hydrogen) atoms. The number of carboxylic acid groups (broad SMARTS) is 1. The van der Waals surface area contributed by atoms with E-state index in [-0.39, 0.29) is 11.8 Å². The fourth-order valence-electron chi connectivity index (χ4n) is 2.19. The van der Waals surface area contributed by atoms with E-state index in [0.29, 0.717) is 13.0 Å². The van der Waals surface area contributed by atoms with Crippen LogP contribution in [0, 0.1) is 11.3 Å². The van der Waals surface area contributed by atoms with Crippen molar-refractivity contribution in [1.82, 2.24) is 4.90 Å². The molecule has 4 nitrogen and oxygen atoms in total. The molecule has 0 aromatic carbocycles. The number of carbonyl (C=O) groups is 2. The molecule has 1 atom stereocenters. The molecule has 92 valence electrons. The van der Waals surface area contributed by atoms with Gasteiger partial charge in [0.05, 0.1) is 5.41 Å². The molecule has 0 spiro atoms. The molecule has 1 rings (SSSR count). The average molecular weight is 227 g/mol. The minimum Gasteiger partial charge on any atom is -0.481 e. The monoisotopic (exact) mass is 227 g/mol. The minimum absolute atomic E-state index is 0.0641. The number of carboxylic acids is 1. The van der Waals surface area contributed by atoms with Crippen molar-refractivity contribution in [2.45, 2.75) is 40.0 Å². The molecule has 0 bridgehead atoms. The number of piperidine rings is 1. The highest BCUT2D eigenvalue weighted by molar-refractivity contribution is 5.77. The maximum Gasteiger partial charge on any atom is 0.309 e. The fourth-order valence-corrected chi connectivity index (χ4v) is 2.19. The average Bonchev–Trinajstić information content (AvgIpc) is 2.28. The second-order valence-corrected chi connectivity index (χ2v) is 5.06. The van der Waals surface area contributed by atoms with Crippen LogP contribution in [0.4, 0.5) is 0 Å². The van der Waals surface area contributed by atoms with Gasteiger partial charge in [-0.05, 0) is 32.6 Å². The van der Waals surface area contributed by atoms with Crippen LogP contribution in [0.15, 0.2) is 0 Å². The zero-order valence-corrected chi connectivity index (χ0v) is 10.3. The molecule has 1 amide bonds. The number of carbonyl (C=O) groups excluding carboxylic acids is 1. The van der Waals surface area contributed by atoms with Crippen LogP contribution in [-0.2, 0) is 9.59 Å². The number of amides is 1. The van der Waals surface area contributed by atoms with E-state index < -0.39 is 11.4 Å². The highest BCUT2D eigenvalue weighted by Gasteiger charge is 2.39. The van der Waals surface area contributed by atoms with Gasteiger partial charge in [0.2, 0.25) is 5.91 Å². The number of hydrogen-bond donors (Lipinski definition) is 1. The molecule has 1 N–H and O–H groups in total. The Morgan fingerprint density at radius 1 is 1.44 bits per heavy atom. The smallest absolute Gasteiger partial charge is 0.309 e. The van der Waals surface area contributed by atoms with E-state index in [1.54, 1.807) is 18.7 Å². The summed E-state index contributed by atoms with van der Waals surface area (Å²) in [4.78, 5) is 24.6. The normalized spacial score (nSPS) is 21.9. The molecule has 0 saturated carbocycles. The lowest BCUT2D eigenvalue weighted by Crippen LogP contribution is -2.46. The van der Waals surface area contributed by atoms with Gasteiger partial charge >= 0.3 is 5.97 Å². The molecule has 0 radical (unpaired) electrons. The Morgan fingerprint density at radius 3 is 2.56 bits per heavy atom. The maximum absolute atomic E-state index is 11.6. The summed E-state index contributed by atoms with van der Waals surface area (Å²) in [7, 11) is 0. The molecular weight excluding hydrogens is 206 g/mol. The molecule has 1 aliphatic rings. The first kappa shape index (κ1) is 13.0. The molecule has 1 saturated heterocycles. The number of likely N-dealkylation sites (tertiary alicyclic amines) is 1. The van der Waals surface area contributed by atoms with Crippen molar-refractivity contribution in [2.75, 3.05) is 13.1 Å². The third kappa shape index (κ3) is 2.54. The number of hydrogen-bond acceptors (Lipinski definition) is 2. The highest BCUT2D eigenvalue weighted by Crippen LogP contribution is 2.34. The lowest BCUT2D eigenvalue weighted by atomic mass is 9.74. The summed E-state index contributed by atoms with van der Waals surface area (Å²) in [6, 6.07) is 0. The van der Waals surface area contributed by atoms with Gasteiger partial charge in [-0.3, -0.25) is 9.59 Å². The van der Waals surface area contributed by atoms with Crippen LogP contribution in [0.2, 0.25) is 0 Å². The predicted octanol–water partition coefficient (Wildman–Crippen LogP) is 1.75. The molecule has 4 heteroatoms. The Morgan fingerprint density at radius 2 is 2.06 bits per heavy atom. The molecule has 1 unspecified atom stereocenters. The van der Waals surface area contributed by atoms with Gasteiger partial charge in [-0.2, -0.15) is 0 Å². The largest absolute Gasteiger partial charge is 0.481 e. The summed E-state index contributed by atoms with van der Waals surface area (Å²) in [6.45, 7) is 6.71. The van der Waals surface area contributed by atoms with E-state index in [4.69, 9.17) is 0 Å². The van der Waals surface area contributed by atoms with Crippen molar-refractivity contribution >= 4 is 11.9 Å². The Bertz CT molecular complexity index is 286. The van der Waals surface area contributed by atoms with E-state index in [1.165, 1.54) is 0 Å². The lowest BCUT2D eigenvalue weighted by molar-refractivity contribution is -0.153. The summed E-state index contributed by atoms with van der Waals surface area (Å²) < 4.78 is 0. The Hall–Kier alpha value is -1.06. The van der Waals surface area contributed by atoms with Gasteiger partial charge < -0.3 is 10.0 Å². The Kier molecular flexibility index (Phi) is 3.94. The van der Waals surface area contributed by atoms with Crippen molar-refractivity contribution in [3.8, 4) is 0 Å². The van der Waals surface area contributed by atoms with Crippen molar-refractivity contribution in [3.05, 3.63) is 0 Å². The van der Waals surface area contributed by atoms with E-state index in [1.807, 2.05) is 6.92 Å². The van der Waals surface area contributed by atoms with Crippen LogP contribution in [0.3, 0.4) is 0 Å². The first-order valence-corrected chi connectivity index (χ1v) is 5.90. The van der Waals surface area contributed by atoms with Gasteiger partial charge in [-0.25, -0.2) is 0 Å². The molecule has 1 fully saturated rings. The molecule has 0 aromatic heterocycles. The first-order valence-electron chi connectivity index (χ1n) is 5.90. The van der Waals surface area contributed by atoms with Crippen LogP contribution in [0.5, 0.6) is 0 Å². The SMILES string of the molecule is CCC(=O)N1CCCC(C(C)(C)C(=O)O)C1. The van der Waals surface area contributed by atoms with Gasteiger partial charge in [0, 0.05) is 19.5 Å². The predicted molar refractivity (Wildman–Crippen MR) is 61.0 cm³/mol. The third-order valence-corrected chi connectivity index (χ3v) is 3.65. The van der Waals surface area contributed by atoms with Crippen molar-refractivity contribution in [1.29, 1.82) is 0 Å². The third-order valence-electron chi connectivity index (χ3n) is 3.65. The molecule has 1 aliphatic heterocycles. The summed E-state index contributed by atoms with van der Waals surface area (Å²) in [5.74, 6) is -0.580. The number of aliphatic carboxylic acids is 1. The number of rotatable bonds is 3. The van der Waals surface area contributed by atoms with Crippen molar-refractivity contribution in [2.24, 2.45) is 11.3 Å². The standard InChI is InChI=1S/C12H21NO3/c1-4-10(14)13-7-5-6-9(8-13)12(2,3)11(15)16/h9H,4-8H2,1-3H3,(H,15,16). The molecule has 0 aromatic rings. The zero-order valence-electron chi connectivity index (χ0n) is 10.3. The first-order chi connectivity index (χ1) is 7.39. The summed E-state index contributed by atoms with van der Waals surface area (Å²) in [5, 5.41) is 9.17. The van der Waals surface area contributed by atoms with Crippen molar-refractivity contribution in [3.63, 3.8) is 0 Å². The highest BCUT2D eigenvalue weighted by atomic mass is 16.4. The molecule has 1 heterocycles. The Balaban J connectivity index is 2.70. The van der Waals surface area contributed by atoms with Crippen LogP contribution < -0.4 is 0 Å². The lowest BCUT2D eigenvalue weighted by Gasteiger charge is -2.39. The number of nitrogens with zero attached hydrogens (tertiary/aromatic N) is 1. The maximum atomic E-state index is 11.6. The summed E-state index contributed by atoms with van der Waals surface area (Å²) in [5.41, 5.74) is -0.743. The topological polar surface area (TPSA) is 57.6 Å². The van der Waals surface area contributed by atoms with Gasteiger partial charge in [-0.15, -0.1) is 0 Å². The van der Waals surface area contributed by atoms with E-state index in [9.17, 15) is 14.7 Å². The van der Waals surface area contributed by atoms with Crippen LogP contribution in [0.1, 0.15) is 40.0 Å². The second kappa shape index (κ2) is 4.85. The van der Waals surface area contributed by atoms with Gasteiger partial charge in [0.1, 0.15) is 0 Å². The Labute approximate surface area is 96.6 Å². The van der Waals surface area contributed by atoms with Gasteiger partial charge in [-0.1, -0.05) is 6.92 Å².